The van der Waals surface area contributed by atoms with Gasteiger partial charge in [-0.05, 0) is 27.2 Å². The Labute approximate surface area is 108 Å². The summed E-state index contributed by atoms with van der Waals surface area (Å²) in [6.45, 7) is 6.88. The van der Waals surface area contributed by atoms with Crippen LogP contribution in [0.1, 0.15) is 27.2 Å². The van der Waals surface area contributed by atoms with Gasteiger partial charge in [0.25, 0.3) is 0 Å². The molecule has 0 radical (unpaired) electrons. The number of hydrogen-bond donors (Lipinski definition) is 2. The van der Waals surface area contributed by atoms with Crippen molar-refractivity contribution in [2.24, 2.45) is 11.7 Å². The van der Waals surface area contributed by atoms with E-state index in [4.69, 9.17) is 5.73 Å². The molecule has 1 aliphatic carbocycles. The van der Waals surface area contributed by atoms with Gasteiger partial charge < -0.3 is 16.0 Å². The Morgan fingerprint density at radius 2 is 2.00 bits per heavy atom. The van der Waals surface area contributed by atoms with Crippen LogP contribution in [-0.4, -0.2) is 41.9 Å². The average Bonchev–Trinajstić information content (AvgIpc) is 2.77. The van der Waals surface area contributed by atoms with Gasteiger partial charge in [0, 0.05) is 19.1 Å². The third-order valence-corrected chi connectivity index (χ3v) is 3.26. The zero-order chi connectivity index (χ0) is 13.7. The van der Waals surface area contributed by atoms with Crippen molar-refractivity contribution in [2.45, 2.75) is 39.3 Å². The Morgan fingerprint density at radius 3 is 2.44 bits per heavy atom. The van der Waals surface area contributed by atoms with Crippen LogP contribution >= 0.6 is 0 Å². The number of nitrogens with one attached hydrogen (secondary N) is 1. The number of carbonyl (C=O) groups excluding carboxylic acids is 2. The molecule has 5 heteroatoms. The van der Waals surface area contributed by atoms with Crippen LogP contribution < -0.4 is 11.1 Å². The molecular weight excluding hydrogens is 230 g/mol. The highest BCUT2D eigenvalue weighted by molar-refractivity contribution is 5.89. The minimum Gasteiger partial charge on any atom is -0.344 e. The van der Waals surface area contributed by atoms with Crippen molar-refractivity contribution < 1.29 is 9.59 Å². The van der Waals surface area contributed by atoms with Crippen LogP contribution in [0.15, 0.2) is 12.2 Å². The second kappa shape index (κ2) is 6.54. The van der Waals surface area contributed by atoms with Crippen molar-refractivity contribution in [3.8, 4) is 0 Å². The second-order valence-corrected chi connectivity index (χ2v) is 4.63. The molecule has 1 aliphatic rings. The van der Waals surface area contributed by atoms with Gasteiger partial charge in [-0.15, -0.1) is 0 Å². The molecule has 0 saturated heterocycles. The zero-order valence-electron chi connectivity index (χ0n) is 11.3. The smallest absolute Gasteiger partial charge is 0.244 e. The molecule has 5 nitrogen and oxygen atoms in total. The molecule has 0 spiro atoms. The first-order valence-electron chi connectivity index (χ1n) is 6.52. The Bertz CT molecular complexity index is 337. The standard InChI is InChI=1S/C13H23N3O2/c1-4-16(5-2)13(18)9(3)15-12(17)10-6-7-11(14)8-10/h6-7,9-11H,4-5,8,14H2,1-3H3,(H,15,17). The van der Waals surface area contributed by atoms with Crippen molar-refractivity contribution in [3.05, 3.63) is 12.2 Å². The van der Waals surface area contributed by atoms with Gasteiger partial charge in [0.2, 0.25) is 11.8 Å². The van der Waals surface area contributed by atoms with E-state index in [0.29, 0.717) is 19.5 Å². The molecule has 0 aromatic heterocycles. The van der Waals surface area contributed by atoms with Crippen LogP contribution in [0.25, 0.3) is 0 Å². The fourth-order valence-corrected chi connectivity index (χ4v) is 2.11. The Hall–Kier alpha value is -1.36. The number of rotatable bonds is 5. The van der Waals surface area contributed by atoms with E-state index in [9.17, 15) is 9.59 Å². The van der Waals surface area contributed by atoms with Crippen LogP contribution in [-0.2, 0) is 9.59 Å². The molecule has 0 saturated carbocycles. The maximum atomic E-state index is 12.0. The number of amides is 2. The molecule has 0 aromatic rings. The van der Waals surface area contributed by atoms with E-state index in [1.165, 1.54) is 0 Å². The molecule has 102 valence electrons. The summed E-state index contributed by atoms with van der Waals surface area (Å²) in [5, 5.41) is 2.75. The molecule has 0 bridgehead atoms. The molecule has 0 aliphatic heterocycles. The lowest BCUT2D eigenvalue weighted by atomic mass is 10.1. The largest absolute Gasteiger partial charge is 0.344 e. The van der Waals surface area contributed by atoms with E-state index in [-0.39, 0.29) is 23.8 Å². The lowest BCUT2D eigenvalue weighted by molar-refractivity contribution is -0.136. The minimum atomic E-state index is -0.484. The van der Waals surface area contributed by atoms with Gasteiger partial charge in [-0.25, -0.2) is 0 Å². The molecule has 0 heterocycles. The van der Waals surface area contributed by atoms with Crippen LogP contribution in [0.2, 0.25) is 0 Å². The summed E-state index contributed by atoms with van der Waals surface area (Å²) >= 11 is 0. The summed E-state index contributed by atoms with van der Waals surface area (Å²) in [4.78, 5) is 25.6. The van der Waals surface area contributed by atoms with E-state index in [1.807, 2.05) is 26.0 Å². The van der Waals surface area contributed by atoms with Crippen molar-refractivity contribution in [1.82, 2.24) is 10.2 Å². The lowest BCUT2D eigenvalue weighted by Gasteiger charge is -2.24. The second-order valence-electron chi connectivity index (χ2n) is 4.63. The van der Waals surface area contributed by atoms with Gasteiger partial charge in [-0.1, -0.05) is 12.2 Å². The fraction of sp³-hybridized carbons (Fsp3) is 0.692. The highest BCUT2D eigenvalue weighted by atomic mass is 16.2. The summed E-state index contributed by atoms with van der Waals surface area (Å²) in [5.41, 5.74) is 5.70. The van der Waals surface area contributed by atoms with Gasteiger partial charge in [-0.2, -0.15) is 0 Å². The molecule has 3 atom stereocenters. The van der Waals surface area contributed by atoms with Crippen LogP contribution in [0, 0.1) is 5.92 Å². The van der Waals surface area contributed by atoms with Gasteiger partial charge in [-0.3, -0.25) is 9.59 Å². The summed E-state index contributed by atoms with van der Waals surface area (Å²) in [7, 11) is 0. The Kier molecular flexibility index (Phi) is 5.34. The van der Waals surface area contributed by atoms with E-state index >= 15 is 0 Å². The molecule has 3 unspecified atom stereocenters. The maximum absolute atomic E-state index is 12.0. The van der Waals surface area contributed by atoms with E-state index < -0.39 is 6.04 Å². The monoisotopic (exact) mass is 253 g/mol. The number of nitrogens with two attached hydrogens (primary N) is 1. The summed E-state index contributed by atoms with van der Waals surface area (Å²) < 4.78 is 0. The number of hydrogen-bond acceptors (Lipinski definition) is 3. The molecular formula is C13H23N3O2. The van der Waals surface area contributed by atoms with Crippen molar-refractivity contribution in [3.63, 3.8) is 0 Å². The predicted molar refractivity (Wildman–Crippen MR) is 70.8 cm³/mol. The van der Waals surface area contributed by atoms with Gasteiger partial charge in [0.15, 0.2) is 0 Å². The number of nitrogens with zero attached hydrogens (tertiary/aromatic N) is 1. The van der Waals surface area contributed by atoms with Crippen LogP contribution in [0.3, 0.4) is 0 Å². The van der Waals surface area contributed by atoms with Gasteiger partial charge >= 0.3 is 0 Å². The highest BCUT2D eigenvalue weighted by Crippen LogP contribution is 2.16. The molecule has 18 heavy (non-hydrogen) atoms. The minimum absolute atomic E-state index is 0.0420. The third kappa shape index (κ3) is 3.57. The lowest BCUT2D eigenvalue weighted by Crippen LogP contribution is -2.48. The quantitative estimate of drug-likeness (QED) is 0.690. The number of likely N-dealkylation sites (N-methyl/N-ethyl adjacent to an activating group) is 1. The van der Waals surface area contributed by atoms with Crippen molar-refractivity contribution in [1.29, 1.82) is 0 Å². The fourth-order valence-electron chi connectivity index (χ4n) is 2.11. The first-order valence-corrected chi connectivity index (χ1v) is 6.52. The first-order chi connectivity index (χ1) is 8.49. The number of carbonyl (C=O) groups is 2. The van der Waals surface area contributed by atoms with Gasteiger partial charge in [0.1, 0.15) is 6.04 Å². The van der Waals surface area contributed by atoms with E-state index in [1.54, 1.807) is 11.8 Å². The van der Waals surface area contributed by atoms with E-state index in [0.717, 1.165) is 0 Å². The third-order valence-electron chi connectivity index (χ3n) is 3.26. The normalized spacial score (nSPS) is 23.8. The molecule has 2 amide bonds. The van der Waals surface area contributed by atoms with Crippen LogP contribution in [0.5, 0.6) is 0 Å². The van der Waals surface area contributed by atoms with Crippen molar-refractivity contribution >= 4 is 11.8 Å². The predicted octanol–water partition coefficient (Wildman–Crippen LogP) is 0.263. The van der Waals surface area contributed by atoms with E-state index in [2.05, 4.69) is 5.32 Å². The topological polar surface area (TPSA) is 75.4 Å². The average molecular weight is 253 g/mol. The molecule has 0 aromatic carbocycles. The zero-order valence-corrected chi connectivity index (χ0v) is 11.3. The summed E-state index contributed by atoms with van der Waals surface area (Å²) in [5.74, 6) is -0.362. The van der Waals surface area contributed by atoms with Crippen molar-refractivity contribution in [2.75, 3.05) is 13.1 Å². The summed E-state index contributed by atoms with van der Waals surface area (Å²) in [6, 6.07) is -0.530. The molecule has 3 N–H and O–H groups in total. The van der Waals surface area contributed by atoms with Gasteiger partial charge in [0.05, 0.1) is 5.92 Å². The Balaban J connectivity index is 2.49. The molecule has 1 rings (SSSR count). The van der Waals surface area contributed by atoms with Crippen LogP contribution in [0.4, 0.5) is 0 Å². The SMILES string of the molecule is CCN(CC)C(=O)C(C)NC(=O)C1C=CC(N)C1. The first kappa shape index (κ1) is 14.7. The highest BCUT2D eigenvalue weighted by Gasteiger charge is 2.26. The summed E-state index contributed by atoms with van der Waals surface area (Å²) in [6.07, 6.45) is 4.27. The maximum Gasteiger partial charge on any atom is 0.244 e. The Morgan fingerprint density at radius 1 is 1.39 bits per heavy atom. The molecule has 0 fully saturated rings.